The second kappa shape index (κ2) is 6.73. The lowest BCUT2D eigenvalue weighted by Crippen LogP contribution is -2.19. The summed E-state index contributed by atoms with van der Waals surface area (Å²) in [4.78, 5) is 11.7. The predicted octanol–water partition coefficient (Wildman–Crippen LogP) is 0.510. The summed E-state index contributed by atoms with van der Waals surface area (Å²) in [5.41, 5.74) is -0.138. The maximum absolute atomic E-state index is 11.7. The van der Waals surface area contributed by atoms with Crippen LogP contribution in [0.5, 0.6) is 0 Å². The van der Waals surface area contributed by atoms with Crippen molar-refractivity contribution < 1.29 is 9.53 Å². The fourth-order valence-corrected chi connectivity index (χ4v) is 1.46. The Labute approximate surface area is 116 Å². The highest BCUT2D eigenvalue weighted by Gasteiger charge is 2.12. The van der Waals surface area contributed by atoms with Gasteiger partial charge in [-0.1, -0.05) is 24.3 Å². The molecule has 5 heteroatoms. The molecule has 1 aromatic rings. The third-order valence-electron chi connectivity index (χ3n) is 2.34. The molecule has 0 aliphatic heterocycles. The zero-order valence-electron chi connectivity index (χ0n) is 11.0. The molecule has 1 aromatic carbocycles. The summed E-state index contributed by atoms with van der Waals surface area (Å²) in [6, 6.07) is 11.4. The number of rotatable bonds is 2. The average Bonchev–Trinajstić information content (AvgIpc) is 2.41. The van der Waals surface area contributed by atoms with Gasteiger partial charge in [-0.25, -0.2) is 4.79 Å². The first kappa shape index (κ1) is 15.0. The molecule has 0 N–H and O–H groups in total. The Balaban J connectivity index is 3.41. The van der Waals surface area contributed by atoms with Crippen LogP contribution in [0, 0.1) is 34.0 Å². The molecule has 0 aliphatic rings. The number of benzene rings is 1. The molecule has 98 valence electrons. The average molecular weight is 265 g/mol. The van der Waals surface area contributed by atoms with Crippen molar-refractivity contribution in [3.8, 4) is 18.2 Å². The Morgan fingerprint density at radius 1 is 1.00 bits per heavy atom. The Morgan fingerprint density at radius 2 is 1.50 bits per heavy atom. The zero-order valence-corrected chi connectivity index (χ0v) is 11.0. The molecule has 0 aromatic heterocycles. The number of esters is 1. The van der Waals surface area contributed by atoms with Crippen LogP contribution in [0.4, 0.5) is 0 Å². The number of hydrogen-bond acceptors (Lipinski definition) is 5. The Hall–Kier alpha value is -3.10. The first-order chi connectivity index (χ1) is 9.53. The van der Waals surface area contributed by atoms with Gasteiger partial charge in [-0.05, 0) is 19.1 Å². The quantitative estimate of drug-likeness (QED) is 0.725. The van der Waals surface area contributed by atoms with Crippen molar-refractivity contribution in [3.63, 3.8) is 0 Å². The molecule has 20 heavy (non-hydrogen) atoms. The van der Waals surface area contributed by atoms with Crippen LogP contribution in [0.3, 0.4) is 0 Å². The van der Waals surface area contributed by atoms with Gasteiger partial charge >= 0.3 is 5.97 Å². The van der Waals surface area contributed by atoms with Gasteiger partial charge in [0.1, 0.15) is 29.4 Å². The Bertz CT molecular complexity index is 732. The molecular formula is C15H11N3O2. The lowest BCUT2D eigenvalue weighted by molar-refractivity contribution is -0.140. The molecule has 0 radical (unpaired) electrons. The van der Waals surface area contributed by atoms with E-state index in [-0.39, 0.29) is 17.3 Å². The number of ether oxygens (including phenoxy) is 1. The lowest BCUT2D eigenvalue weighted by atomic mass is 10.1. The van der Waals surface area contributed by atoms with Crippen LogP contribution in [0.2, 0.25) is 0 Å². The predicted molar refractivity (Wildman–Crippen MR) is 70.6 cm³/mol. The Kier molecular flexibility index (Phi) is 5.03. The van der Waals surface area contributed by atoms with Crippen molar-refractivity contribution in [1.82, 2.24) is 0 Å². The van der Waals surface area contributed by atoms with Gasteiger partial charge in [0.25, 0.3) is 0 Å². The van der Waals surface area contributed by atoms with Crippen molar-refractivity contribution >= 4 is 17.1 Å². The summed E-state index contributed by atoms with van der Waals surface area (Å²) in [6.45, 7) is 3.38. The molecule has 0 spiro atoms. The van der Waals surface area contributed by atoms with Crippen LogP contribution < -0.4 is 10.4 Å². The number of hydrogen-bond donors (Lipinski definition) is 0. The van der Waals surface area contributed by atoms with E-state index in [1.807, 2.05) is 0 Å². The van der Waals surface area contributed by atoms with Crippen molar-refractivity contribution in [2.45, 2.75) is 20.0 Å². The molecule has 0 saturated carbocycles. The highest BCUT2D eigenvalue weighted by atomic mass is 16.5. The largest absolute Gasteiger partial charge is 0.459 e. The fraction of sp³-hybridized carbons (Fsp3) is 0.200. The lowest BCUT2D eigenvalue weighted by Gasteiger charge is -2.06. The summed E-state index contributed by atoms with van der Waals surface area (Å²) in [5, 5.41) is 27.4. The SMILES string of the molecule is CC(C)OC(=O)C(C#N)=c1ccc(=C(C#N)C#N)cc1. The number of carbonyl (C=O) groups excluding carboxylic acids is 1. The minimum absolute atomic E-state index is 0.0279. The van der Waals surface area contributed by atoms with E-state index in [1.165, 1.54) is 24.3 Å². The van der Waals surface area contributed by atoms with Gasteiger partial charge in [-0.15, -0.1) is 0 Å². The summed E-state index contributed by atoms with van der Waals surface area (Å²) in [7, 11) is 0. The maximum Gasteiger partial charge on any atom is 0.349 e. The third-order valence-corrected chi connectivity index (χ3v) is 2.34. The molecule has 1 rings (SSSR count). The van der Waals surface area contributed by atoms with Crippen molar-refractivity contribution in [3.05, 3.63) is 34.7 Å². The molecule has 0 bridgehead atoms. The normalized spacial score (nSPS) is 9.00. The smallest absolute Gasteiger partial charge is 0.349 e. The topological polar surface area (TPSA) is 97.7 Å². The maximum atomic E-state index is 11.7. The molecule has 5 nitrogen and oxygen atoms in total. The zero-order chi connectivity index (χ0) is 15.1. The highest BCUT2D eigenvalue weighted by Crippen LogP contribution is 1.99. The molecule has 0 aliphatic carbocycles. The van der Waals surface area contributed by atoms with Crippen molar-refractivity contribution in [2.24, 2.45) is 0 Å². The van der Waals surface area contributed by atoms with E-state index >= 15 is 0 Å². The van der Waals surface area contributed by atoms with Gasteiger partial charge in [0.15, 0.2) is 0 Å². The van der Waals surface area contributed by atoms with E-state index in [0.29, 0.717) is 10.4 Å². The monoisotopic (exact) mass is 265 g/mol. The van der Waals surface area contributed by atoms with Gasteiger partial charge in [-0.2, -0.15) is 15.8 Å². The van der Waals surface area contributed by atoms with Gasteiger partial charge in [0, 0.05) is 5.22 Å². The van der Waals surface area contributed by atoms with E-state index in [1.54, 1.807) is 32.1 Å². The Morgan fingerprint density at radius 3 is 1.90 bits per heavy atom. The number of nitrogens with zero attached hydrogens (tertiary/aromatic N) is 3. The molecule has 0 amide bonds. The van der Waals surface area contributed by atoms with Gasteiger partial charge in [-0.3, -0.25) is 0 Å². The van der Waals surface area contributed by atoms with Crippen LogP contribution in [-0.2, 0) is 9.53 Å². The summed E-state index contributed by atoms with van der Waals surface area (Å²) in [5.74, 6) is -0.694. The minimum atomic E-state index is -0.694. The van der Waals surface area contributed by atoms with Crippen LogP contribution in [0.15, 0.2) is 24.3 Å². The van der Waals surface area contributed by atoms with E-state index in [2.05, 4.69) is 0 Å². The van der Waals surface area contributed by atoms with Crippen LogP contribution in [0.1, 0.15) is 13.8 Å². The minimum Gasteiger partial charge on any atom is -0.459 e. The van der Waals surface area contributed by atoms with Crippen molar-refractivity contribution in [1.29, 1.82) is 15.8 Å². The summed E-state index contributed by atoms with van der Waals surface area (Å²) < 4.78 is 4.97. The van der Waals surface area contributed by atoms with Gasteiger partial charge < -0.3 is 4.74 Å². The van der Waals surface area contributed by atoms with Crippen LogP contribution in [-0.4, -0.2) is 12.1 Å². The van der Waals surface area contributed by atoms with E-state index in [9.17, 15) is 4.79 Å². The molecule has 0 atom stereocenters. The molecular weight excluding hydrogens is 254 g/mol. The third kappa shape index (κ3) is 3.45. The van der Waals surface area contributed by atoms with E-state index in [4.69, 9.17) is 20.5 Å². The highest BCUT2D eigenvalue weighted by molar-refractivity contribution is 6.15. The second-order valence-electron chi connectivity index (χ2n) is 4.12. The first-order valence-electron chi connectivity index (χ1n) is 5.79. The summed E-state index contributed by atoms with van der Waals surface area (Å²) in [6.07, 6.45) is -0.317. The number of nitriles is 3. The standard InChI is InChI=1S/C15H11N3O2/c1-10(2)20-15(19)14(9-18)12-5-3-11(4-6-12)13(7-16)8-17/h3-6,10H,1-2H3. The van der Waals surface area contributed by atoms with Gasteiger partial charge in [0.05, 0.1) is 6.10 Å². The van der Waals surface area contributed by atoms with Gasteiger partial charge in [0.2, 0.25) is 0 Å². The second-order valence-corrected chi connectivity index (χ2v) is 4.12. The van der Waals surface area contributed by atoms with Crippen molar-refractivity contribution in [2.75, 3.05) is 0 Å². The summed E-state index contributed by atoms with van der Waals surface area (Å²) >= 11 is 0. The van der Waals surface area contributed by atoms with Crippen LogP contribution in [0.25, 0.3) is 11.1 Å². The molecule has 0 heterocycles. The fourth-order valence-electron chi connectivity index (χ4n) is 1.46. The molecule has 0 fully saturated rings. The first-order valence-corrected chi connectivity index (χ1v) is 5.79. The van der Waals surface area contributed by atoms with E-state index in [0.717, 1.165) is 0 Å². The van der Waals surface area contributed by atoms with E-state index < -0.39 is 5.97 Å². The number of carbonyl (C=O) groups is 1. The van der Waals surface area contributed by atoms with Crippen LogP contribution >= 0.6 is 0 Å². The molecule has 0 unspecified atom stereocenters. The molecule has 0 saturated heterocycles.